The molecular weight excluding hydrogens is 296 g/mol. The zero-order valence-corrected chi connectivity index (χ0v) is 9.76. The predicted molar refractivity (Wildman–Crippen MR) is 59.4 cm³/mol. The molecule has 0 aliphatic carbocycles. The molecular formula is C9H6Br2N2. The van der Waals surface area contributed by atoms with E-state index in [4.69, 9.17) is 0 Å². The molecule has 2 nitrogen and oxygen atoms in total. The van der Waals surface area contributed by atoms with E-state index >= 15 is 0 Å². The zero-order valence-electron chi connectivity index (χ0n) is 6.59. The fourth-order valence-electron chi connectivity index (χ4n) is 1.09. The van der Waals surface area contributed by atoms with Crippen molar-refractivity contribution in [2.24, 2.45) is 0 Å². The van der Waals surface area contributed by atoms with Crippen LogP contribution < -0.4 is 0 Å². The van der Waals surface area contributed by atoms with E-state index in [1.807, 2.05) is 24.3 Å². The molecule has 66 valence electrons. The molecule has 0 amide bonds. The zero-order chi connectivity index (χ0) is 9.26. The summed E-state index contributed by atoms with van der Waals surface area (Å²) in [6.07, 6.45) is 1.74. The van der Waals surface area contributed by atoms with Crippen molar-refractivity contribution >= 4 is 31.9 Å². The second-order valence-corrected chi connectivity index (χ2v) is 4.27. The van der Waals surface area contributed by atoms with Crippen LogP contribution in [0.1, 0.15) is 0 Å². The number of rotatable bonds is 1. The minimum atomic E-state index is 0.861. The Balaban J connectivity index is 2.52. The van der Waals surface area contributed by atoms with Crippen LogP contribution in [-0.2, 0) is 0 Å². The molecule has 0 unspecified atom stereocenters. The average molecular weight is 302 g/mol. The van der Waals surface area contributed by atoms with E-state index in [0.29, 0.717) is 0 Å². The smallest absolute Gasteiger partial charge is 0.139 e. The minimum Gasteiger partial charge on any atom is -0.333 e. The van der Waals surface area contributed by atoms with E-state index in [-0.39, 0.29) is 0 Å². The lowest BCUT2D eigenvalue weighted by Crippen LogP contribution is -1.80. The van der Waals surface area contributed by atoms with Crippen LogP contribution in [0.15, 0.2) is 39.5 Å². The molecule has 1 heterocycles. The van der Waals surface area contributed by atoms with Crippen LogP contribution in [0.5, 0.6) is 0 Å². The second kappa shape index (κ2) is 3.64. The summed E-state index contributed by atoms with van der Waals surface area (Å²) in [7, 11) is 0. The topological polar surface area (TPSA) is 28.7 Å². The summed E-state index contributed by atoms with van der Waals surface area (Å²) in [6, 6.07) is 7.96. The lowest BCUT2D eigenvalue weighted by Gasteiger charge is -1.98. The molecule has 0 aliphatic rings. The van der Waals surface area contributed by atoms with Crippen molar-refractivity contribution in [1.29, 1.82) is 0 Å². The number of hydrogen-bond donors (Lipinski definition) is 1. The Kier molecular flexibility index (Phi) is 2.51. The first-order chi connectivity index (χ1) is 6.27. The van der Waals surface area contributed by atoms with Gasteiger partial charge in [-0.3, -0.25) is 0 Å². The Hall–Kier alpha value is -0.610. The molecule has 0 fully saturated rings. The maximum Gasteiger partial charge on any atom is 0.139 e. The van der Waals surface area contributed by atoms with Crippen LogP contribution in [-0.4, -0.2) is 9.97 Å². The molecule has 0 spiro atoms. The Morgan fingerprint density at radius 3 is 2.54 bits per heavy atom. The molecule has 1 N–H and O–H groups in total. The highest BCUT2D eigenvalue weighted by atomic mass is 79.9. The van der Waals surface area contributed by atoms with Crippen LogP contribution in [0.25, 0.3) is 11.4 Å². The fourth-order valence-corrected chi connectivity index (χ4v) is 1.85. The Morgan fingerprint density at radius 1 is 1.15 bits per heavy atom. The van der Waals surface area contributed by atoms with Gasteiger partial charge < -0.3 is 4.98 Å². The van der Waals surface area contributed by atoms with E-state index in [1.54, 1.807) is 6.20 Å². The van der Waals surface area contributed by atoms with Gasteiger partial charge in [-0.15, -0.1) is 0 Å². The summed E-state index contributed by atoms with van der Waals surface area (Å²) < 4.78 is 1.93. The maximum absolute atomic E-state index is 4.21. The molecule has 0 bridgehead atoms. The number of H-pyrrole nitrogens is 1. The molecule has 2 rings (SSSR count). The van der Waals surface area contributed by atoms with Crippen molar-refractivity contribution in [2.75, 3.05) is 0 Å². The van der Waals surface area contributed by atoms with Gasteiger partial charge in [0.2, 0.25) is 0 Å². The van der Waals surface area contributed by atoms with E-state index in [2.05, 4.69) is 41.8 Å². The SMILES string of the molecule is Brc1cnc(-c2ccccc2Br)[nH]1. The van der Waals surface area contributed by atoms with Crippen molar-refractivity contribution in [3.8, 4) is 11.4 Å². The average Bonchev–Trinajstić information content (AvgIpc) is 2.53. The summed E-state index contributed by atoms with van der Waals surface area (Å²) in [5.41, 5.74) is 1.06. The number of nitrogens with zero attached hydrogens (tertiary/aromatic N) is 1. The Morgan fingerprint density at radius 2 is 1.92 bits per heavy atom. The quantitative estimate of drug-likeness (QED) is 0.856. The van der Waals surface area contributed by atoms with Gasteiger partial charge in [-0.25, -0.2) is 4.98 Å². The highest BCUT2D eigenvalue weighted by Gasteiger charge is 2.04. The van der Waals surface area contributed by atoms with Gasteiger partial charge in [-0.05, 0) is 22.0 Å². The molecule has 4 heteroatoms. The van der Waals surface area contributed by atoms with Gasteiger partial charge in [-0.2, -0.15) is 0 Å². The second-order valence-electron chi connectivity index (χ2n) is 2.56. The van der Waals surface area contributed by atoms with Crippen LogP contribution >= 0.6 is 31.9 Å². The molecule has 0 aliphatic heterocycles. The standard InChI is InChI=1S/C9H6Br2N2/c10-7-4-2-1-3-6(7)9-12-5-8(11)13-9/h1-5H,(H,12,13). The van der Waals surface area contributed by atoms with E-state index in [9.17, 15) is 0 Å². The first-order valence-corrected chi connectivity index (χ1v) is 5.31. The summed E-state index contributed by atoms with van der Waals surface area (Å²) >= 11 is 6.79. The van der Waals surface area contributed by atoms with Gasteiger partial charge >= 0.3 is 0 Å². The highest BCUT2D eigenvalue weighted by molar-refractivity contribution is 9.10. The molecule has 1 aromatic heterocycles. The van der Waals surface area contributed by atoms with Crippen LogP contribution in [0, 0.1) is 0 Å². The lowest BCUT2D eigenvalue weighted by molar-refractivity contribution is 1.29. The number of imidazole rings is 1. The first-order valence-electron chi connectivity index (χ1n) is 3.73. The summed E-state index contributed by atoms with van der Waals surface area (Å²) in [5.74, 6) is 0.861. The molecule has 0 atom stereocenters. The van der Waals surface area contributed by atoms with Gasteiger partial charge in [0.15, 0.2) is 0 Å². The summed E-state index contributed by atoms with van der Waals surface area (Å²) in [4.78, 5) is 7.32. The monoisotopic (exact) mass is 300 g/mol. The number of aromatic nitrogens is 2. The fraction of sp³-hybridized carbons (Fsp3) is 0. The van der Waals surface area contributed by atoms with Crippen molar-refractivity contribution in [3.63, 3.8) is 0 Å². The largest absolute Gasteiger partial charge is 0.333 e. The van der Waals surface area contributed by atoms with Gasteiger partial charge in [0.1, 0.15) is 10.4 Å². The molecule has 0 saturated carbocycles. The van der Waals surface area contributed by atoms with Crippen LogP contribution in [0.3, 0.4) is 0 Å². The Labute approximate surface area is 92.7 Å². The van der Waals surface area contributed by atoms with Crippen molar-refractivity contribution in [2.45, 2.75) is 0 Å². The molecule has 13 heavy (non-hydrogen) atoms. The predicted octanol–water partition coefficient (Wildman–Crippen LogP) is 3.60. The normalized spacial score (nSPS) is 10.3. The van der Waals surface area contributed by atoms with Gasteiger partial charge in [0.05, 0.1) is 6.20 Å². The van der Waals surface area contributed by atoms with Gasteiger partial charge in [0, 0.05) is 10.0 Å². The molecule has 1 aromatic carbocycles. The van der Waals surface area contributed by atoms with Gasteiger partial charge in [0.25, 0.3) is 0 Å². The lowest BCUT2D eigenvalue weighted by atomic mass is 10.2. The number of hydrogen-bond acceptors (Lipinski definition) is 1. The number of halogens is 2. The third-order valence-electron chi connectivity index (χ3n) is 1.67. The first kappa shape index (κ1) is 8.97. The Bertz CT molecular complexity index is 423. The summed E-state index contributed by atoms with van der Waals surface area (Å²) in [5, 5.41) is 0. The van der Waals surface area contributed by atoms with Crippen molar-refractivity contribution in [1.82, 2.24) is 9.97 Å². The van der Waals surface area contributed by atoms with Crippen molar-refractivity contribution < 1.29 is 0 Å². The minimum absolute atomic E-state index is 0.861. The van der Waals surface area contributed by atoms with Crippen molar-refractivity contribution in [3.05, 3.63) is 39.5 Å². The third kappa shape index (κ3) is 1.84. The summed E-state index contributed by atoms with van der Waals surface area (Å²) in [6.45, 7) is 0. The third-order valence-corrected chi connectivity index (χ3v) is 2.77. The molecule has 0 radical (unpaired) electrons. The van der Waals surface area contributed by atoms with E-state index in [1.165, 1.54) is 0 Å². The molecule has 0 saturated heterocycles. The van der Waals surface area contributed by atoms with Gasteiger partial charge in [-0.1, -0.05) is 34.1 Å². The van der Waals surface area contributed by atoms with E-state index < -0.39 is 0 Å². The highest BCUT2D eigenvalue weighted by Crippen LogP contribution is 2.25. The van der Waals surface area contributed by atoms with Crippen LogP contribution in [0.2, 0.25) is 0 Å². The molecule has 2 aromatic rings. The number of nitrogens with one attached hydrogen (secondary N) is 1. The van der Waals surface area contributed by atoms with Crippen LogP contribution in [0.4, 0.5) is 0 Å². The van der Waals surface area contributed by atoms with E-state index in [0.717, 1.165) is 20.5 Å². The maximum atomic E-state index is 4.21. The number of benzene rings is 1. The number of aromatic amines is 1.